The van der Waals surface area contributed by atoms with Crippen molar-refractivity contribution >= 4 is 17.4 Å². The number of aromatic nitrogens is 2. The largest absolute Gasteiger partial charge is 0.373 e. The fourth-order valence-corrected chi connectivity index (χ4v) is 2.13. The Labute approximate surface area is 115 Å². The van der Waals surface area contributed by atoms with Crippen LogP contribution in [0.25, 0.3) is 11.4 Å². The predicted octanol–water partition coefficient (Wildman–Crippen LogP) is 1.55. The minimum Gasteiger partial charge on any atom is -0.373 e. The first kappa shape index (κ1) is 12.1. The second-order valence-electron chi connectivity index (χ2n) is 4.42. The monoisotopic (exact) mass is 265 g/mol. The highest BCUT2D eigenvalue weighted by Gasteiger charge is 2.18. The van der Waals surface area contributed by atoms with Gasteiger partial charge in [0, 0.05) is 24.4 Å². The van der Waals surface area contributed by atoms with E-state index in [1.165, 1.54) is 0 Å². The summed E-state index contributed by atoms with van der Waals surface area (Å²) in [6, 6.07) is 9.14. The van der Waals surface area contributed by atoms with Crippen LogP contribution in [0.1, 0.15) is 11.3 Å². The summed E-state index contributed by atoms with van der Waals surface area (Å²) >= 11 is 0. The number of nitriles is 1. The average Bonchev–Trinajstić information content (AvgIpc) is 2.85. The SMILES string of the molecule is CNc1cc(C#N)nc(-c2ccc3c(c2)CC(=O)N3)n1. The summed E-state index contributed by atoms with van der Waals surface area (Å²) in [7, 11) is 1.73. The second-order valence-corrected chi connectivity index (χ2v) is 4.42. The minimum atomic E-state index is -0.0141. The van der Waals surface area contributed by atoms with E-state index in [-0.39, 0.29) is 5.91 Å². The van der Waals surface area contributed by atoms with E-state index in [0.717, 1.165) is 16.8 Å². The van der Waals surface area contributed by atoms with Crippen molar-refractivity contribution in [2.45, 2.75) is 6.42 Å². The highest BCUT2D eigenvalue weighted by Crippen LogP contribution is 2.28. The summed E-state index contributed by atoms with van der Waals surface area (Å²) in [6.45, 7) is 0. The van der Waals surface area contributed by atoms with Crippen LogP contribution in [0.4, 0.5) is 11.5 Å². The molecular weight excluding hydrogens is 254 g/mol. The van der Waals surface area contributed by atoms with Gasteiger partial charge < -0.3 is 10.6 Å². The Balaban J connectivity index is 2.08. The smallest absolute Gasteiger partial charge is 0.228 e. The highest BCUT2D eigenvalue weighted by molar-refractivity contribution is 5.99. The standard InChI is InChI=1S/C14H11N5O/c1-16-12-6-10(7-15)17-14(19-12)8-2-3-11-9(4-8)5-13(20)18-11/h2-4,6H,5H2,1H3,(H,18,20)(H,16,17,19). The molecule has 1 aromatic carbocycles. The number of benzene rings is 1. The number of anilines is 2. The van der Waals surface area contributed by atoms with Crippen LogP contribution in [0, 0.1) is 11.3 Å². The summed E-state index contributed by atoms with van der Waals surface area (Å²) in [5, 5.41) is 14.7. The normalized spacial score (nSPS) is 12.5. The number of carbonyl (C=O) groups excluding carboxylic acids is 1. The van der Waals surface area contributed by atoms with Crippen molar-refractivity contribution in [3.8, 4) is 17.5 Å². The number of nitrogens with zero attached hydrogens (tertiary/aromatic N) is 3. The third kappa shape index (κ3) is 2.06. The molecular formula is C14H11N5O. The quantitative estimate of drug-likeness (QED) is 0.859. The van der Waals surface area contributed by atoms with Gasteiger partial charge in [0.25, 0.3) is 0 Å². The van der Waals surface area contributed by atoms with Gasteiger partial charge in [0.1, 0.15) is 17.6 Å². The van der Waals surface area contributed by atoms with E-state index < -0.39 is 0 Å². The van der Waals surface area contributed by atoms with Gasteiger partial charge in [-0.2, -0.15) is 5.26 Å². The van der Waals surface area contributed by atoms with Gasteiger partial charge in [-0.3, -0.25) is 4.79 Å². The Morgan fingerprint density at radius 1 is 1.35 bits per heavy atom. The molecule has 0 saturated heterocycles. The van der Waals surface area contributed by atoms with Gasteiger partial charge in [-0.1, -0.05) is 0 Å². The summed E-state index contributed by atoms with van der Waals surface area (Å²) in [6.07, 6.45) is 0.361. The zero-order chi connectivity index (χ0) is 14.1. The molecule has 2 heterocycles. The lowest BCUT2D eigenvalue weighted by atomic mass is 10.1. The van der Waals surface area contributed by atoms with Crippen molar-refractivity contribution in [3.05, 3.63) is 35.5 Å². The maximum atomic E-state index is 11.4. The summed E-state index contributed by atoms with van der Waals surface area (Å²) in [5.74, 6) is 1.04. The van der Waals surface area contributed by atoms with Crippen LogP contribution in [-0.4, -0.2) is 22.9 Å². The molecule has 2 aromatic rings. The van der Waals surface area contributed by atoms with Gasteiger partial charge in [-0.05, 0) is 23.8 Å². The number of fused-ring (bicyclic) bond motifs is 1. The number of amides is 1. The van der Waals surface area contributed by atoms with Crippen molar-refractivity contribution in [2.24, 2.45) is 0 Å². The van der Waals surface area contributed by atoms with Crippen LogP contribution in [0.5, 0.6) is 0 Å². The van der Waals surface area contributed by atoms with Crippen LogP contribution < -0.4 is 10.6 Å². The van der Waals surface area contributed by atoms with Crippen molar-refractivity contribution in [1.82, 2.24) is 9.97 Å². The van der Waals surface area contributed by atoms with E-state index in [1.54, 1.807) is 13.1 Å². The van der Waals surface area contributed by atoms with Gasteiger partial charge in [-0.25, -0.2) is 9.97 Å². The lowest BCUT2D eigenvalue weighted by Gasteiger charge is -2.06. The molecule has 1 amide bonds. The van der Waals surface area contributed by atoms with Gasteiger partial charge in [-0.15, -0.1) is 0 Å². The topological polar surface area (TPSA) is 90.7 Å². The Morgan fingerprint density at radius 2 is 2.20 bits per heavy atom. The Hall–Kier alpha value is -2.94. The molecule has 0 unspecified atom stereocenters. The van der Waals surface area contributed by atoms with E-state index in [0.29, 0.717) is 23.8 Å². The van der Waals surface area contributed by atoms with E-state index in [2.05, 4.69) is 20.6 Å². The molecule has 0 bridgehead atoms. The second kappa shape index (κ2) is 4.63. The maximum absolute atomic E-state index is 11.4. The van der Waals surface area contributed by atoms with Gasteiger partial charge in [0.15, 0.2) is 5.82 Å². The molecule has 2 N–H and O–H groups in total. The molecule has 1 aromatic heterocycles. The molecule has 6 nitrogen and oxygen atoms in total. The lowest BCUT2D eigenvalue weighted by molar-refractivity contribution is -0.115. The Kier molecular flexibility index (Phi) is 2.80. The van der Waals surface area contributed by atoms with Gasteiger partial charge in [0.05, 0.1) is 6.42 Å². The predicted molar refractivity (Wildman–Crippen MR) is 74.1 cm³/mol. The number of nitrogens with one attached hydrogen (secondary N) is 2. The number of carbonyl (C=O) groups is 1. The molecule has 0 atom stereocenters. The van der Waals surface area contributed by atoms with Crippen LogP contribution >= 0.6 is 0 Å². The molecule has 3 rings (SSSR count). The molecule has 1 aliphatic rings. The molecule has 0 spiro atoms. The average molecular weight is 265 g/mol. The van der Waals surface area contributed by atoms with Crippen molar-refractivity contribution in [1.29, 1.82) is 5.26 Å². The molecule has 0 saturated carbocycles. The van der Waals surface area contributed by atoms with Crippen molar-refractivity contribution in [2.75, 3.05) is 17.7 Å². The molecule has 0 radical (unpaired) electrons. The summed E-state index contributed by atoms with van der Waals surface area (Å²) in [5.41, 5.74) is 2.83. The van der Waals surface area contributed by atoms with E-state index in [1.807, 2.05) is 24.3 Å². The van der Waals surface area contributed by atoms with Crippen LogP contribution in [0.2, 0.25) is 0 Å². The van der Waals surface area contributed by atoms with Gasteiger partial charge in [0.2, 0.25) is 5.91 Å². The summed E-state index contributed by atoms with van der Waals surface area (Å²) in [4.78, 5) is 19.9. The maximum Gasteiger partial charge on any atom is 0.228 e. The van der Waals surface area contributed by atoms with Crippen LogP contribution in [-0.2, 0) is 11.2 Å². The first-order valence-electron chi connectivity index (χ1n) is 6.09. The molecule has 1 aliphatic heterocycles. The molecule has 0 aliphatic carbocycles. The third-order valence-corrected chi connectivity index (χ3v) is 3.09. The highest BCUT2D eigenvalue weighted by atomic mass is 16.1. The van der Waals surface area contributed by atoms with E-state index >= 15 is 0 Å². The first-order chi connectivity index (χ1) is 9.69. The number of hydrogen-bond acceptors (Lipinski definition) is 5. The molecule has 20 heavy (non-hydrogen) atoms. The molecule has 6 heteroatoms. The van der Waals surface area contributed by atoms with Crippen molar-refractivity contribution < 1.29 is 4.79 Å². The fourth-order valence-electron chi connectivity index (χ4n) is 2.13. The van der Waals surface area contributed by atoms with Crippen LogP contribution in [0.3, 0.4) is 0 Å². The third-order valence-electron chi connectivity index (χ3n) is 3.09. The first-order valence-corrected chi connectivity index (χ1v) is 6.09. The summed E-state index contributed by atoms with van der Waals surface area (Å²) < 4.78 is 0. The minimum absolute atomic E-state index is 0.0141. The van der Waals surface area contributed by atoms with E-state index in [9.17, 15) is 4.79 Å². The van der Waals surface area contributed by atoms with Gasteiger partial charge >= 0.3 is 0 Å². The zero-order valence-corrected chi connectivity index (χ0v) is 10.8. The fraction of sp³-hybridized carbons (Fsp3) is 0.143. The van der Waals surface area contributed by atoms with Crippen molar-refractivity contribution in [3.63, 3.8) is 0 Å². The zero-order valence-electron chi connectivity index (χ0n) is 10.8. The molecule has 98 valence electrons. The lowest BCUT2D eigenvalue weighted by Crippen LogP contribution is -2.03. The Bertz CT molecular complexity index is 748. The van der Waals surface area contributed by atoms with Crippen LogP contribution in [0.15, 0.2) is 24.3 Å². The number of rotatable bonds is 2. The number of hydrogen-bond donors (Lipinski definition) is 2. The Morgan fingerprint density at radius 3 is 2.95 bits per heavy atom. The molecule has 0 fully saturated rings. The van der Waals surface area contributed by atoms with E-state index in [4.69, 9.17) is 5.26 Å².